The quantitative estimate of drug-likeness (QED) is 0.0877. The molecule has 4 aromatic rings. The Kier molecular flexibility index (Phi) is 16.7. The van der Waals surface area contributed by atoms with Gasteiger partial charge in [0.1, 0.15) is 23.0 Å². The number of carbonyl (C=O) groups is 10. The minimum atomic E-state index is -0.966. The Bertz CT molecular complexity index is 2560. The predicted molar refractivity (Wildman–Crippen MR) is 219 cm³/mol. The first kappa shape index (κ1) is 50.6. The first-order valence-corrected chi connectivity index (χ1v) is 19.0. The van der Waals surface area contributed by atoms with Crippen molar-refractivity contribution in [3.05, 3.63) is 48.5 Å². The average molecular weight is 935 g/mol. The summed E-state index contributed by atoms with van der Waals surface area (Å²) in [6.45, 7) is 10.2. The van der Waals surface area contributed by atoms with Gasteiger partial charge in [0.2, 0.25) is 23.0 Å². The summed E-state index contributed by atoms with van der Waals surface area (Å²) in [5, 5.41) is 0. The number of benzene rings is 4. The van der Waals surface area contributed by atoms with Crippen LogP contribution >= 0.6 is 0 Å². The highest BCUT2D eigenvalue weighted by atomic mass is 16.6. The van der Waals surface area contributed by atoms with E-state index in [-0.39, 0.29) is 17.2 Å². The van der Waals surface area contributed by atoms with Crippen LogP contribution in [-0.2, 0) is 47.9 Å². The molecule has 4 rings (SSSR count). The normalized spacial score (nSPS) is 10.2. The van der Waals surface area contributed by atoms with Gasteiger partial charge in [-0.2, -0.15) is 0 Å². The number of hydrogen-bond donors (Lipinski definition) is 0. The van der Waals surface area contributed by atoms with E-state index in [2.05, 4.69) is 0 Å². The van der Waals surface area contributed by atoms with Crippen LogP contribution in [0, 0.1) is 0 Å². The number of ether oxygens (including phenoxy) is 13. The molecule has 0 fully saturated rings. The lowest BCUT2D eigenvalue weighted by Gasteiger charge is -2.20. The van der Waals surface area contributed by atoms with Gasteiger partial charge >= 0.3 is 59.7 Å². The monoisotopic (exact) mass is 934 g/mol. The van der Waals surface area contributed by atoms with E-state index in [9.17, 15) is 47.9 Å². The average Bonchev–Trinajstić information content (AvgIpc) is 3.15. The Labute approximate surface area is 378 Å². The van der Waals surface area contributed by atoms with E-state index in [1.165, 1.54) is 0 Å². The molecule has 0 saturated carbocycles. The molecule has 0 aromatic heterocycles. The van der Waals surface area contributed by atoms with Crippen LogP contribution in [0.2, 0.25) is 0 Å². The SMILES string of the molecule is CC(=O)Oc1cc(OC(C)=O)c(Oc2cc(OC(C)=O)c(Oc3cc(OC(C)=O)c(Oc4cc(OC(C)=O)c(OC(C)=O)c(OC(C)=O)c4)c(OC(C)=O)c3)c(OC(C)=O)c2)c(OC(C)=O)c1. The van der Waals surface area contributed by atoms with E-state index in [1.807, 2.05) is 0 Å². The number of carbonyl (C=O) groups excluding carboxylic acids is 10. The molecule has 0 amide bonds. The topological polar surface area (TPSA) is 291 Å². The Morgan fingerprint density at radius 2 is 0.388 bits per heavy atom. The third-order valence-electron chi connectivity index (χ3n) is 7.17. The summed E-state index contributed by atoms with van der Waals surface area (Å²) in [5.74, 6) is -16.5. The number of esters is 10. The standard InChI is InChI=1S/C44H38O23/c1-19(45)55-29-11-35(58-22(4)48)42(36(12-29)59-23(5)49)66-31-15-39(62-26(8)52)44(40(16-31)63-27(9)53)67-32-17-37(60-24(6)50)43(38(18-32)61-25(7)51)65-30-13-33(56-20(2)46)41(64-28(10)54)34(14-30)57-21(3)47/h11-18H,1-10H3. The summed E-state index contributed by atoms with van der Waals surface area (Å²) < 4.78 is 70.8. The molecule has 0 atom stereocenters. The van der Waals surface area contributed by atoms with Gasteiger partial charge in [0.25, 0.3) is 0 Å². The molecule has 0 N–H and O–H groups in total. The highest BCUT2D eigenvalue weighted by molar-refractivity contribution is 5.81. The van der Waals surface area contributed by atoms with Crippen molar-refractivity contribution in [3.63, 3.8) is 0 Å². The van der Waals surface area contributed by atoms with Gasteiger partial charge in [-0.3, -0.25) is 47.9 Å². The van der Waals surface area contributed by atoms with Gasteiger partial charge in [-0.25, -0.2) is 0 Å². The highest BCUT2D eigenvalue weighted by Gasteiger charge is 2.28. The second kappa shape index (κ2) is 22.1. The maximum absolute atomic E-state index is 12.5. The van der Waals surface area contributed by atoms with Crippen LogP contribution < -0.4 is 61.6 Å². The fourth-order valence-electron chi connectivity index (χ4n) is 5.36. The van der Waals surface area contributed by atoms with Crippen molar-refractivity contribution in [2.24, 2.45) is 0 Å². The third-order valence-corrected chi connectivity index (χ3v) is 7.17. The molecule has 0 radical (unpaired) electrons. The maximum Gasteiger partial charge on any atom is 0.308 e. The summed E-state index contributed by atoms with van der Waals surface area (Å²) in [6.07, 6.45) is 0. The zero-order valence-corrected chi connectivity index (χ0v) is 37.0. The van der Waals surface area contributed by atoms with E-state index in [1.54, 1.807) is 0 Å². The van der Waals surface area contributed by atoms with E-state index < -0.39 is 134 Å². The Morgan fingerprint density at radius 3 is 0.567 bits per heavy atom. The van der Waals surface area contributed by atoms with Gasteiger partial charge in [-0.05, 0) is 0 Å². The van der Waals surface area contributed by atoms with Crippen molar-refractivity contribution >= 4 is 59.7 Å². The molecule has 4 aromatic carbocycles. The first-order valence-electron chi connectivity index (χ1n) is 19.0. The molecule has 0 aliphatic heterocycles. The van der Waals surface area contributed by atoms with Gasteiger partial charge in [-0.1, -0.05) is 0 Å². The third kappa shape index (κ3) is 15.0. The summed E-state index contributed by atoms with van der Waals surface area (Å²) >= 11 is 0. The molecule has 0 unspecified atom stereocenters. The molecule has 0 heterocycles. The van der Waals surface area contributed by atoms with Crippen molar-refractivity contribution in [1.82, 2.24) is 0 Å². The largest absolute Gasteiger partial charge is 0.449 e. The van der Waals surface area contributed by atoms with E-state index in [0.29, 0.717) is 0 Å². The first-order chi connectivity index (χ1) is 31.4. The van der Waals surface area contributed by atoms with Gasteiger partial charge in [-0.15, -0.1) is 0 Å². The fraction of sp³-hybridized carbons (Fsp3) is 0.227. The lowest BCUT2D eigenvalue weighted by Crippen LogP contribution is -2.11. The minimum Gasteiger partial charge on any atom is -0.449 e. The molecule has 0 spiro atoms. The number of hydrogen-bond acceptors (Lipinski definition) is 23. The van der Waals surface area contributed by atoms with Crippen molar-refractivity contribution in [3.8, 4) is 92.0 Å². The molecular formula is C44H38O23. The summed E-state index contributed by atoms with van der Waals surface area (Å²) in [5.41, 5.74) is 0. The van der Waals surface area contributed by atoms with Crippen molar-refractivity contribution in [2.75, 3.05) is 0 Å². The van der Waals surface area contributed by atoms with Crippen LogP contribution in [0.25, 0.3) is 0 Å². The molecule has 23 heteroatoms. The Balaban J connectivity index is 1.97. The zero-order chi connectivity index (χ0) is 49.9. The predicted octanol–water partition coefficient (Wildman–Crippen LogP) is 6.32. The summed E-state index contributed by atoms with van der Waals surface area (Å²) in [7, 11) is 0. The van der Waals surface area contributed by atoms with Crippen LogP contribution in [0.1, 0.15) is 69.2 Å². The van der Waals surface area contributed by atoms with Gasteiger partial charge in [0, 0.05) is 118 Å². The maximum atomic E-state index is 12.5. The molecule has 67 heavy (non-hydrogen) atoms. The van der Waals surface area contributed by atoms with Crippen molar-refractivity contribution in [2.45, 2.75) is 69.2 Å². The van der Waals surface area contributed by atoms with Crippen LogP contribution in [0.3, 0.4) is 0 Å². The van der Waals surface area contributed by atoms with Crippen LogP contribution in [0.5, 0.6) is 92.0 Å². The van der Waals surface area contributed by atoms with Crippen LogP contribution in [0.15, 0.2) is 48.5 Å². The summed E-state index contributed by atoms with van der Waals surface area (Å²) in [4.78, 5) is 122. The molecule has 0 saturated heterocycles. The second-order valence-corrected chi connectivity index (χ2v) is 13.2. The van der Waals surface area contributed by atoms with Gasteiger partial charge in [0.15, 0.2) is 46.0 Å². The van der Waals surface area contributed by atoms with E-state index in [0.717, 1.165) is 118 Å². The highest BCUT2D eigenvalue weighted by Crippen LogP contribution is 2.52. The van der Waals surface area contributed by atoms with Crippen molar-refractivity contribution < 1.29 is 110 Å². The second-order valence-electron chi connectivity index (χ2n) is 13.2. The van der Waals surface area contributed by atoms with Crippen LogP contribution in [-0.4, -0.2) is 59.7 Å². The van der Waals surface area contributed by atoms with Crippen molar-refractivity contribution in [1.29, 1.82) is 0 Å². The lowest BCUT2D eigenvalue weighted by atomic mass is 10.2. The molecule has 352 valence electrons. The molecule has 23 nitrogen and oxygen atoms in total. The summed E-state index contributed by atoms with van der Waals surface area (Å²) in [6, 6.07) is 8.24. The zero-order valence-electron chi connectivity index (χ0n) is 37.0. The lowest BCUT2D eigenvalue weighted by molar-refractivity contribution is -0.135. The molecular weight excluding hydrogens is 896 g/mol. The Morgan fingerprint density at radius 1 is 0.224 bits per heavy atom. The Hall–Kier alpha value is -9.02. The van der Waals surface area contributed by atoms with Crippen LogP contribution in [0.4, 0.5) is 0 Å². The van der Waals surface area contributed by atoms with Gasteiger partial charge in [0.05, 0.1) is 0 Å². The fourth-order valence-corrected chi connectivity index (χ4v) is 5.36. The minimum absolute atomic E-state index is 0.231. The molecule has 0 aliphatic carbocycles. The number of rotatable bonds is 16. The van der Waals surface area contributed by atoms with E-state index >= 15 is 0 Å². The molecule has 0 aliphatic rings. The van der Waals surface area contributed by atoms with E-state index in [4.69, 9.17) is 61.6 Å². The van der Waals surface area contributed by atoms with Gasteiger partial charge < -0.3 is 61.6 Å². The smallest absolute Gasteiger partial charge is 0.308 e. The molecule has 0 bridgehead atoms.